The molecule has 5 rings (SSSR count). The molecule has 3 aliphatic rings. The molecule has 4 heterocycles. The van der Waals surface area contributed by atoms with E-state index >= 15 is 0 Å². The summed E-state index contributed by atoms with van der Waals surface area (Å²) in [5.74, 6) is 3.20. The minimum absolute atomic E-state index is 0.0553. The quantitative estimate of drug-likeness (QED) is 0.798. The van der Waals surface area contributed by atoms with Crippen molar-refractivity contribution < 1.29 is 4.79 Å². The topological polar surface area (TPSA) is 67.2 Å². The third-order valence-corrected chi connectivity index (χ3v) is 6.65. The van der Waals surface area contributed by atoms with Crippen LogP contribution in [0.15, 0.2) is 12.3 Å². The molecule has 0 aromatic carbocycles. The van der Waals surface area contributed by atoms with Gasteiger partial charge in [0, 0.05) is 56.6 Å². The fourth-order valence-electron chi connectivity index (χ4n) is 4.80. The molecule has 0 spiro atoms. The summed E-state index contributed by atoms with van der Waals surface area (Å²) < 4.78 is 1.65. The van der Waals surface area contributed by atoms with Gasteiger partial charge in [0.1, 0.15) is 17.3 Å². The zero-order valence-corrected chi connectivity index (χ0v) is 17.5. The fourth-order valence-corrected chi connectivity index (χ4v) is 4.80. The van der Waals surface area contributed by atoms with Crippen molar-refractivity contribution in [3.05, 3.63) is 35.0 Å². The Balaban J connectivity index is 1.39. The molecule has 29 heavy (non-hydrogen) atoms. The second-order valence-electron chi connectivity index (χ2n) is 8.89. The van der Waals surface area contributed by atoms with Crippen molar-refractivity contribution in [2.45, 2.75) is 51.4 Å². The second kappa shape index (κ2) is 7.43. The predicted octanol–water partition coefficient (Wildman–Crippen LogP) is 2.70. The molecule has 2 aromatic rings. The molecular weight excluding hydrogens is 364 g/mol. The highest BCUT2D eigenvalue weighted by Gasteiger charge is 2.32. The first kappa shape index (κ1) is 18.6. The minimum atomic E-state index is 0.0553. The van der Waals surface area contributed by atoms with Gasteiger partial charge in [-0.05, 0) is 57.4 Å². The summed E-state index contributed by atoms with van der Waals surface area (Å²) >= 11 is 0. The maximum Gasteiger partial charge on any atom is 0.272 e. The van der Waals surface area contributed by atoms with E-state index in [0.717, 1.165) is 56.3 Å². The minimum Gasteiger partial charge on any atom is -0.356 e. The van der Waals surface area contributed by atoms with Crippen molar-refractivity contribution in [3.63, 3.8) is 0 Å². The highest BCUT2D eigenvalue weighted by Crippen LogP contribution is 2.36. The number of fused-ring (bicyclic) bond motifs is 1. The first-order valence-electron chi connectivity index (χ1n) is 11.0. The number of hydrogen-bond donors (Lipinski definition) is 0. The Hall–Kier alpha value is -2.44. The van der Waals surface area contributed by atoms with Gasteiger partial charge in [-0.15, -0.1) is 0 Å². The summed E-state index contributed by atoms with van der Waals surface area (Å²) in [5.41, 5.74) is 3.10. The monoisotopic (exact) mass is 394 g/mol. The number of likely N-dealkylation sites (tertiary alicyclic amines) is 1. The average molecular weight is 395 g/mol. The van der Waals surface area contributed by atoms with E-state index in [-0.39, 0.29) is 11.8 Å². The van der Waals surface area contributed by atoms with E-state index in [1.807, 2.05) is 11.9 Å². The Morgan fingerprint density at radius 1 is 1.17 bits per heavy atom. The lowest BCUT2D eigenvalue weighted by molar-refractivity contribution is 0.0693. The molecule has 1 amide bonds. The van der Waals surface area contributed by atoms with Crippen LogP contribution < -0.4 is 4.90 Å². The van der Waals surface area contributed by atoms with Crippen LogP contribution in [0.4, 0.5) is 5.82 Å². The van der Waals surface area contributed by atoms with Crippen molar-refractivity contribution in [2.75, 3.05) is 31.1 Å². The number of carbonyl (C=O) groups excluding carboxylic acids is 1. The van der Waals surface area contributed by atoms with E-state index in [4.69, 9.17) is 9.97 Å². The molecule has 7 heteroatoms. The SMILES string of the molecule is Cc1nc([C@@H]2CCCN(C(=O)c3ccnn3C)C2)nc2c1CCCN2CC1CC1. The first-order chi connectivity index (χ1) is 14.1. The molecule has 0 N–H and O–H groups in total. The van der Waals surface area contributed by atoms with Gasteiger partial charge in [-0.1, -0.05) is 0 Å². The number of piperidine rings is 1. The van der Waals surface area contributed by atoms with Gasteiger partial charge in [0.05, 0.1) is 0 Å². The van der Waals surface area contributed by atoms with E-state index in [1.165, 1.54) is 30.6 Å². The number of amides is 1. The van der Waals surface area contributed by atoms with E-state index in [1.54, 1.807) is 16.9 Å². The van der Waals surface area contributed by atoms with Gasteiger partial charge >= 0.3 is 0 Å². The van der Waals surface area contributed by atoms with Crippen molar-refractivity contribution in [3.8, 4) is 0 Å². The first-order valence-corrected chi connectivity index (χ1v) is 11.0. The van der Waals surface area contributed by atoms with E-state index in [2.05, 4.69) is 16.9 Å². The summed E-state index contributed by atoms with van der Waals surface area (Å²) in [4.78, 5) is 27.4. The van der Waals surface area contributed by atoms with Crippen LogP contribution in [0.1, 0.15) is 65.6 Å². The molecule has 1 saturated carbocycles. The van der Waals surface area contributed by atoms with E-state index in [0.29, 0.717) is 12.2 Å². The van der Waals surface area contributed by atoms with Crippen LogP contribution in [-0.4, -0.2) is 56.7 Å². The summed E-state index contributed by atoms with van der Waals surface area (Å²) in [6.07, 6.45) is 8.69. The number of rotatable bonds is 4. The number of aromatic nitrogens is 4. The highest BCUT2D eigenvalue weighted by atomic mass is 16.2. The van der Waals surface area contributed by atoms with Crippen LogP contribution in [-0.2, 0) is 13.5 Å². The van der Waals surface area contributed by atoms with Crippen molar-refractivity contribution in [1.29, 1.82) is 0 Å². The third kappa shape index (κ3) is 3.63. The number of nitrogens with zero attached hydrogens (tertiary/aromatic N) is 6. The van der Waals surface area contributed by atoms with E-state index < -0.39 is 0 Å². The lowest BCUT2D eigenvalue weighted by atomic mass is 9.95. The predicted molar refractivity (Wildman–Crippen MR) is 111 cm³/mol. The molecule has 7 nitrogen and oxygen atoms in total. The summed E-state index contributed by atoms with van der Waals surface area (Å²) in [6.45, 7) is 5.85. The molecule has 2 aromatic heterocycles. The number of hydrogen-bond acceptors (Lipinski definition) is 5. The Labute approximate surface area is 172 Å². The molecule has 0 bridgehead atoms. The molecule has 2 aliphatic heterocycles. The molecule has 1 saturated heterocycles. The number of aryl methyl sites for hydroxylation is 2. The van der Waals surface area contributed by atoms with Gasteiger partial charge in [-0.3, -0.25) is 9.48 Å². The van der Waals surface area contributed by atoms with Gasteiger partial charge in [0.15, 0.2) is 0 Å². The van der Waals surface area contributed by atoms with Gasteiger partial charge in [0.25, 0.3) is 5.91 Å². The zero-order chi connectivity index (χ0) is 20.0. The van der Waals surface area contributed by atoms with Gasteiger partial charge in [-0.2, -0.15) is 5.10 Å². The average Bonchev–Trinajstić information content (AvgIpc) is 3.45. The number of carbonyl (C=O) groups is 1. The summed E-state index contributed by atoms with van der Waals surface area (Å²) in [7, 11) is 1.82. The van der Waals surface area contributed by atoms with Crippen molar-refractivity contribution in [2.24, 2.45) is 13.0 Å². The molecule has 1 aliphatic carbocycles. The lowest BCUT2D eigenvalue weighted by Gasteiger charge is -2.34. The standard InChI is InChI=1S/C22H30N6O/c1-15-18-6-4-11-27(13-16-7-8-16)21(18)25-20(24-15)17-5-3-12-28(14-17)22(29)19-9-10-23-26(19)2/h9-10,16-17H,3-8,11-14H2,1-2H3/t17-/m1/s1. The Morgan fingerprint density at radius 3 is 2.79 bits per heavy atom. The Bertz CT molecular complexity index is 918. The fraction of sp³-hybridized carbons (Fsp3) is 0.636. The molecule has 0 unspecified atom stereocenters. The van der Waals surface area contributed by atoms with Gasteiger partial charge in [-0.25, -0.2) is 9.97 Å². The van der Waals surface area contributed by atoms with Crippen LogP contribution in [0.3, 0.4) is 0 Å². The largest absolute Gasteiger partial charge is 0.356 e. The van der Waals surface area contributed by atoms with Crippen molar-refractivity contribution >= 4 is 11.7 Å². The van der Waals surface area contributed by atoms with Crippen LogP contribution in [0.25, 0.3) is 0 Å². The molecule has 0 radical (unpaired) electrons. The summed E-state index contributed by atoms with van der Waals surface area (Å²) in [5, 5.41) is 4.15. The normalized spacial score (nSPS) is 21.9. The van der Waals surface area contributed by atoms with Crippen LogP contribution >= 0.6 is 0 Å². The second-order valence-corrected chi connectivity index (χ2v) is 8.89. The maximum absolute atomic E-state index is 13.0. The zero-order valence-electron chi connectivity index (χ0n) is 17.5. The van der Waals surface area contributed by atoms with Crippen LogP contribution in [0, 0.1) is 12.8 Å². The van der Waals surface area contributed by atoms with E-state index in [9.17, 15) is 4.79 Å². The van der Waals surface area contributed by atoms with Gasteiger partial charge in [0.2, 0.25) is 0 Å². The van der Waals surface area contributed by atoms with Crippen molar-refractivity contribution in [1.82, 2.24) is 24.6 Å². The Morgan fingerprint density at radius 2 is 2.03 bits per heavy atom. The maximum atomic E-state index is 13.0. The van der Waals surface area contributed by atoms with Crippen LogP contribution in [0.2, 0.25) is 0 Å². The highest BCUT2D eigenvalue weighted by molar-refractivity contribution is 5.92. The smallest absolute Gasteiger partial charge is 0.272 e. The summed E-state index contributed by atoms with van der Waals surface area (Å²) in [6, 6.07) is 1.79. The molecular formula is C22H30N6O. The molecule has 2 fully saturated rings. The molecule has 154 valence electrons. The Kier molecular flexibility index (Phi) is 4.76. The number of anilines is 1. The van der Waals surface area contributed by atoms with Gasteiger partial charge < -0.3 is 9.80 Å². The molecule has 1 atom stereocenters. The lowest BCUT2D eigenvalue weighted by Crippen LogP contribution is -2.40. The third-order valence-electron chi connectivity index (χ3n) is 6.65. The van der Waals surface area contributed by atoms with Crippen LogP contribution in [0.5, 0.6) is 0 Å².